The Morgan fingerprint density at radius 2 is 2.06 bits per heavy atom. The summed E-state index contributed by atoms with van der Waals surface area (Å²) in [6, 6.07) is 2.36. The molecule has 1 aromatic rings. The number of anilines is 1. The number of rotatable bonds is 3. The van der Waals surface area contributed by atoms with Crippen LogP contribution in [0, 0.1) is 0 Å². The van der Waals surface area contributed by atoms with Gasteiger partial charge in [-0.2, -0.15) is 0 Å². The predicted molar refractivity (Wildman–Crippen MR) is 66.2 cm³/mol. The Bertz CT molecular complexity index is 422. The first-order valence-electron chi connectivity index (χ1n) is 6.34. The maximum absolute atomic E-state index is 11.9. The lowest BCUT2D eigenvalue weighted by atomic mass is 10.2. The molecule has 1 aliphatic carbocycles. The summed E-state index contributed by atoms with van der Waals surface area (Å²) in [5.74, 6) is 0.0149. The molecule has 4 nitrogen and oxygen atoms in total. The topological polar surface area (TPSA) is 45.2 Å². The van der Waals surface area contributed by atoms with Gasteiger partial charge in [0.15, 0.2) is 0 Å². The van der Waals surface area contributed by atoms with Gasteiger partial charge in [0.2, 0.25) is 0 Å². The van der Waals surface area contributed by atoms with Crippen molar-refractivity contribution in [2.24, 2.45) is 0 Å². The van der Waals surface area contributed by atoms with Crippen LogP contribution >= 0.6 is 0 Å². The Kier molecular flexibility index (Phi) is 2.71. The van der Waals surface area contributed by atoms with Crippen LogP contribution in [-0.4, -0.2) is 30.0 Å². The standard InChI is InChI=1S/C13H17N3O/c17-13(15-11-3-4-11)10-7-12(9-14-8-10)16-5-1-2-6-16/h7-9,11H,1-6H2,(H,15,17). The van der Waals surface area contributed by atoms with Crippen molar-refractivity contribution in [1.82, 2.24) is 10.3 Å². The Hall–Kier alpha value is -1.58. The lowest BCUT2D eigenvalue weighted by Gasteiger charge is -2.17. The van der Waals surface area contributed by atoms with Crippen molar-refractivity contribution < 1.29 is 4.79 Å². The van der Waals surface area contributed by atoms with Gasteiger partial charge >= 0.3 is 0 Å². The second-order valence-electron chi connectivity index (χ2n) is 4.87. The minimum atomic E-state index is 0.0149. The molecule has 0 aromatic carbocycles. The molecule has 17 heavy (non-hydrogen) atoms. The highest BCUT2D eigenvalue weighted by Gasteiger charge is 2.24. The quantitative estimate of drug-likeness (QED) is 0.859. The minimum Gasteiger partial charge on any atom is -0.370 e. The van der Waals surface area contributed by atoms with Gasteiger partial charge in [-0.1, -0.05) is 0 Å². The van der Waals surface area contributed by atoms with Crippen LogP contribution in [0.5, 0.6) is 0 Å². The number of amides is 1. The first-order chi connectivity index (χ1) is 8.33. The molecule has 2 fully saturated rings. The summed E-state index contributed by atoms with van der Waals surface area (Å²) in [6.45, 7) is 2.16. The molecule has 4 heteroatoms. The van der Waals surface area contributed by atoms with Gasteiger partial charge in [0, 0.05) is 25.3 Å². The predicted octanol–water partition coefficient (Wildman–Crippen LogP) is 1.57. The third-order valence-electron chi connectivity index (χ3n) is 3.37. The average Bonchev–Trinajstić information content (AvgIpc) is 3.00. The maximum atomic E-state index is 11.9. The Balaban J connectivity index is 1.75. The zero-order valence-electron chi connectivity index (χ0n) is 9.85. The largest absolute Gasteiger partial charge is 0.370 e. The summed E-state index contributed by atoms with van der Waals surface area (Å²) in [7, 11) is 0. The van der Waals surface area contributed by atoms with Crippen LogP contribution in [0.3, 0.4) is 0 Å². The summed E-state index contributed by atoms with van der Waals surface area (Å²) >= 11 is 0. The van der Waals surface area contributed by atoms with Crippen molar-refractivity contribution in [2.45, 2.75) is 31.7 Å². The number of carbonyl (C=O) groups excluding carboxylic acids is 1. The van der Waals surface area contributed by atoms with E-state index < -0.39 is 0 Å². The van der Waals surface area contributed by atoms with Crippen molar-refractivity contribution in [3.63, 3.8) is 0 Å². The highest BCUT2D eigenvalue weighted by molar-refractivity contribution is 5.95. The van der Waals surface area contributed by atoms with Crippen LogP contribution < -0.4 is 10.2 Å². The number of nitrogens with zero attached hydrogens (tertiary/aromatic N) is 2. The number of carbonyl (C=O) groups is 1. The zero-order chi connectivity index (χ0) is 11.7. The number of hydrogen-bond donors (Lipinski definition) is 1. The molecule has 1 N–H and O–H groups in total. The highest BCUT2D eigenvalue weighted by atomic mass is 16.1. The van der Waals surface area contributed by atoms with Crippen LogP contribution in [-0.2, 0) is 0 Å². The molecule has 1 saturated carbocycles. The second kappa shape index (κ2) is 4.35. The van der Waals surface area contributed by atoms with E-state index in [4.69, 9.17) is 0 Å². The molecule has 0 atom stereocenters. The van der Waals surface area contributed by atoms with Gasteiger partial charge in [0.05, 0.1) is 17.4 Å². The summed E-state index contributed by atoms with van der Waals surface area (Å²) in [5, 5.41) is 2.99. The molecule has 90 valence electrons. The molecule has 1 aromatic heterocycles. The first kappa shape index (κ1) is 10.6. The van der Waals surface area contributed by atoms with E-state index in [2.05, 4.69) is 15.2 Å². The first-order valence-corrected chi connectivity index (χ1v) is 6.34. The van der Waals surface area contributed by atoms with Gasteiger partial charge in [0.25, 0.3) is 5.91 Å². The fourth-order valence-corrected chi connectivity index (χ4v) is 2.20. The fraction of sp³-hybridized carbons (Fsp3) is 0.538. The molecule has 0 spiro atoms. The molecule has 1 amide bonds. The number of pyridine rings is 1. The third-order valence-corrected chi connectivity index (χ3v) is 3.37. The van der Waals surface area contributed by atoms with Gasteiger partial charge in [-0.05, 0) is 31.7 Å². The summed E-state index contributed by atoms with van der Waals surface area (Å²) in [4.78, 5) is 18.4. The number of aromatic nitrogens is 1. The zero-order valence-corrected chi connectivity index (χ0v) is 9.85. The lowest BCUT2D eigenvalue weighted by Crippen LogP contribution is -2.26. The van der Waals surface area contributed by atoms with E-state index in [1.807, 2.05) is 12.3 Å². The molecular weight excluding hydrogens is 214 g/mol. The Labute approximate surface area is 101 Å². The van der Waals surface area contributed by atoms with E-state index in [1.165, 1.54) is 12.8 Å². The highest BCUT2D eigenvalue weighted by Crippen LogP contribution is 2.22. The molecule has 2 heterocycles. The molecular formula is C13H17N3O. The molecule has 1 saturated heterocycles. The smallest absolute Gasteiger partial charge is 0.253 e. The lowest BCUT2D eigenvalue weighted by molar-refractivity contribution is 0.0950. The van der Waals surface area contributed by atoms with Crippen molar-refractivity contribution in [2.75, 3.05) is 18.0 Å². The van der Waals surface area contributed by atoms with Gasteiger partial charge in [-0.3, -0.25) is 9.78 Å². The van der Waals surface area contributed by atoms with E-state index >= 15 is 0 Å². The third kappa shape index (κ3) is 2.40. The van der Waals surface area contributed by atoms with Gasteiger partial charge in [0.1, 0.15) is 0 Å². The summed E-state index contributed by atoms with van der Waals surface area (Å²) in [6.07, 6.45) is 8.20. The Morgan fingerprint density at radius 3 is 2.76 bits per heavy atom. The molecule has 2 aliphatic rings. The van der Waals surface area contributed by atoms with Crippen molar-refractivity contribution >= 4 is 11.6 Å². The fourth-order valence-electron chi connectivity index (χ4n) is 2.20. The van der Waals surface area contributed by atoms with E-state index in [9.17, 15) is 4.79 Å². The van der Waals surface area contributed by atoms with Crippen molar-refractivity contribution in [1.29, 1.82) is 0 Å². The normalized spacial score (nSPS) is 19.4. The van der Waals surface area contributed by atoms with E-state index in [0.29, 0.717) is 11.6 Å². The van der Waals surface area contributed by atoms with Gasteiger partial charge in [-0.25, -0.2) is 0 Å². The molecule has 1 aliphatic heterocycles. The maximum Gasteiger partial charge on any atom is 0.253 e. The van der Waals surface area contributed by atoms with Crippen LogP contribution in [0.1, 0.15) is 36.0 Å². The molecule has 0 bridgehead atoms. The summed E-state index contributed by atoms with van der Waals surface area (Å²) < 4.78 is 0. The molecule has 0 unspecified atom stereocenters. The van der Waals surface area contributed by atoms with Crippen molar-refractivity contribution in [3.05, 3.63) is 24.0 Å². The van der Waals surface area contributed by atoms with Crippen LogP contribution in [0.25, 0.3) is 0 Å². The number of nitrogens with one attached hydrogen (secondary N) is 1. The SMILES string of the molecule is O=C(NC1CC1)c1cncc(N2CCCC2)c1. The van der Waals surface area contributed by atoms with E-state index in [1.54, 1.807) is 6.20 Å². The molecule has 3 rings (SSSR count). The molecule has 0 radical (unpaired) electrons. The van der Waals surface area contributed by atoms with Crippen LogP contribution in [0.2, 0.25) is 0 Å². The number of hydrogen-bond acceptors (Lipinski definition) is 3. The van der Waals surface area contributed by atoms with Gasteiger partial charge in [-0.15, -0.1) is 0 Å². The van der Waals surface area contributed by atoms with Crippen LogP contribution in [0.15, 0.2) is 18.5 Å². The monoisotopic (exact) mass is 231 g/mol. The minimum absolute atomic E-state index is 0.0149. The van der Waals surface area contributed by atoms with Crippen LogP contribution in [0.4, 0.5) is 5.69 Å². The van der Waals surface area contributed by atoms with Gasteiger partial charge < -0.3 is 10.2 Å². The van der Waals surface area contributed by atoms with E-state index in [-0.39, 0.29) is 5.91 Å². The second-order valence-corrected chi connectivity index (χ2v) is 4.87. The van der Waals surface area contributed by atoms with Crippen molar-refractivity contribution in [3.8, 4) is 0 Å². The average molecular weight is 231 g/mol. The Morgan fingerprint density at radius 1 is 1.29 bits per heavy atom. The summed E-state index contributed by atoms with van der Waals surface area (Å²) in [5.41, 5.74) is 1.76. The van der Waals surface area contributed by atoms with E-state index in [0.717, 1.165) is 31.6 Å².